The largest absolute Gasteiger partial charge is 0.335 e. The summed E-state index contributed by atoms with van der Waals surface area (Å²) in [5.41, 5.74) is 1.06. The normalized spacial score (nSPS) is 11.8. The van der Waals surface area contributed by atoms with Crippen molar-refractivity contribution in [1.82, 2.24) is 4.90 Å². The van der Waals surface area contributed by atoms with Crippen LogP contribution >= 0.6 is 27.5 Å². The van der Waals surface area contributed by atoms with Gasteiger partial charge >= 0.3 is 0 Å². The van der Waals surface area contributed by atoms with Crippen LogP contribution in [0.15, 0.2) is 46.9 Å². The number of rotatable bonds is 4. The van der Waals surface area contributed by atoms with E-state index in [2.05, 4.69) is 15.9 Å². The van der Waals surface area contributed by atoms with Crippen LogP contribution in [-0.2, 0) is 0 Å². The molecule has 0 fully saturated rings. The molecule has 0 heterocycles. The molecular formula is C16H14BrClN2O3. The van der Waals surface area contributed by atoms with Crippen LogP contribution in [0.1, 0.15) is 28.9 Å². The first-order valence-electron chi connectivity index (χ1n) is 6.78. The minimum atomic E-state index is -0.524. The molecule has 23 heavy (non-hydrogen) atoms. The van der Waals surface area contributed by atoms with Crippen LogP contribution in [0.25, 0.3) is 0 Å². The van der Waals surface area contributed by atoms with Gasteiger partial charge in [-0.25, -0.2) is 0 Å². The Morgan fingerprint density at radius 1 is 1.26 bits per heavy atom. The second-order valence-corrected chi connectivity index (χ2v) is 6.36. The minimum Gasteiger partial charge on any atom is -0.335 e. The third-order valence-electron chi connectivity index (χ3n) is 3.64. The summed E-state index contributed by atoms with van der Waals surface area (Å²) in [4.78, 5) is 24.6. The van der Waals surface area contributed by atoms with Gasteiger partial charge in [0.15, 0.2) is 0 Å². The van der Waals surface area contributed by atoms with Crippen molar-refractivity contribution < 1.29 is 9.72 Å². The van der Waals surface area contributed by atoms with Gasteiger partial charge in [0.1, 0.15) is 0 Å². The highest BCUT2D eigenvalue weighted by atomic mass is 79.9. The molecular weight excluding hydrogens is 384 g/mol. The van der Waals surface area contributed by atoms with E-state index in [-0.39, 0.29) is 23.2 Å². The first-order chi connectivity index (χ1) is 10.8. The van der Waals surface area contributed by atoms with E-state index in [4.69, 9.17) is 11.6 Å². The maximum absolute atomic E-state index is 12.6. The Hall–Kier alpha value is -1.92. The molecule has 2 aromatic rings. The number of halogens is 2. The molecule has 0 radical (unpaired) electrons. The van der Waals surface area contributed by atoms with Crippen molar-refractivity contribution >= 4 is 39.1 Å². The molecule has 0 aliphatic heterocycles. The van der Waals surface area contributed by atoms with Gasteiger partial charge in [-0.1, -0.05) is 23.7 Å². The molecule has 5 nitrogen and oxygen atoms in total. The summed E-state index contributed by atoms with van der Waals surface area (Å²) >= 11 is 8.98. The molecule has 0 spiro atoms. The molecule has 120 valence electrons. The monoisotopic (exact) mass is 396 g/mol. The van der Waals surface area contributed by atoms with Gasteiger partial charge in [-0.3, -0.25) is 14.9 Å². The van der Waals surface area contributed by atoms with Crippen LogP contribution in [-0.4, -0.2) is 22.8 Å². The summed E-state index contributed by atoms with van der Waals surface area (Å²) in [6.45, 7) is 1.88. The molecule has 0 bridgehead atoms. The van der Waals surface area contributed by atoms with Gasteiger partial charge in [0.2, 0.25) is 0 Å². The molecule has 1 amide bonds. The summed E-state index contributed by atoms with van der Waals surface area (Å²) < 4.78 is 0.340. The molecule has 0 N–H and O–H groups in total. The van der Waals surface area contributed by atoms with Crippen LogP contribution in [0.5, 0.6) is 0 Å². The lowest BCUT2D eigenvalue weighted by Crippen LogP contribution is -2.29. The molecule has 1 atom stereocenters. The lowest BCUT2D eigenvalue weighted by Gasteiger charge is -2.25. The Bertz CT molecular complexity index is 749. The van der Waals surface area contributed by atoms with Crippen LogP contribution in [0.2, 0.25) is 5.02 Å². The predicted octanol–water partition coefficient (Wildman–Crippen LogP) is 4.84. The van der Waals surface area contributed by atoms with Gasteiger partial charge in [0.05, 0.1) is 15.4 Å². The van der Waals surface area contributed by atoms with Crippen molar-refractivity contribution in [2.24, 2.45) is 0 Å². The van der Waals surface area contributed by atoms with E-state index in [1.165, 1.54) is 17.0 Å². The Kier molecular flexibility index (Phi) is 5.38. The third kappa shape index (κ3) is 3.89. The van der Waals surface area contributed by atoms with E-state index in [0.29, 0.717) is 9.50 Å². The lowest BCUT2D eigenvalue weighted by atomic mass is 10.1. The van der Waals surface area contributed by atoms with Crippen molar-refractivity contribution in [2.75, 3.05) is 7.05 Å². The highest BCUT2D eigenvalue weighted by molar-refractivity contribution is 9.10. The second kappa shape index (κ2) is 7.10. The number of hydrogen-bond acceptors (Lipinski definition) is 3. The van der Waals surface area contributed by atoms with E-state index in [9.17, 15) is 14.9 Å². The highest BCUT2D eigenvalue weighted by Gasteiger charge is 2.22. The molecule has 0 saturated heterocycles. The van der Waals surface area contributed by atoms with Gasteiger partial charge in [-0.15, -0.1) is 0 Å². The van der Waals surface area contributed by atoms with E-state index < -0.39 is 4.92 Å². The quantitative estimate of drug-likeness (QED) is 0.547. The molecule has 0 aromatic heterocycles. The van der Waals surface area contributed by atoms with Gasteiger partial charge < -0.3 is 4.90 Å². The fraction of sp³-hybridized carbons (Fsp3) is 0.188. The zero-order valence-electron chi connectivity index (χ0n) is 12.5. The fourth-order valence-corrected chi connectivity index (χ4v) is 2.65. The molecule has 7 heteroatoms. The third-order valence-corrected chi connectivity index (χ3v) is 4.57. The van der Waals surface area contributed by atoms with Gasteiger partial charge in [-0.2, -0.15) is 0 Å². The summed E-state index contributed by atoms with van der Waals surface area (Å²) in [5.74, 6) is -0.289. The number of nitro groups is 1. The summed E-state index contributed by atoms with van der Waals surface area (Å²) in [7, 11) is 1.66. The van der Waals surface area contributed by atoms with Crippen LogP contribution in [0.4, 0.5) is 5.69 Å². The Morgan fingerprint density at radius 2 is 1.87 bits per heavy atom. The summed E-state index contributed by atoms with van der Waals surface area (Å²) in [5, 5.41) is 11.6. The first-order valence-corrected chi connectivity index (χ1v) is 7.95. The predicted molar refractivity (Wildman–Crippen MR) is 92.8 cm³/mol. The molecule has 2 rings (SSSR count). The molecule has 0 aliphatic rings. The van der Waals surface area contributed by atoms with Crippen molar-refractivity contribution in [3.05, 3.63) is 73.2 Å². The van der Waals surface area contributed by atoms with Crippen LogP contribution < -0.4 is 0 Å². The standard InChI is InChI=1S/C16H14BrClN2O3/c1-10(11-3-6-13(18)7-4-11)19(2)16(21)12-5-8-14(17)15(9-12)20(22)23/h3-10H,1-2H3/t10-/m1/s1. The molecule has 0 unspecified atom stereocenters. The number of carbonyl (C=O) groups excluding carboxylic acids is 1. The van der Waals surface area contributed by atoms with Crippen molar-refractivity contribution in [2.45, 2.75) is 13.0 Å². The Morgan fingerprint density at radius 3 is 2.43 bits per heavy atom. The number of carbonyl (C=O) groups is 1. The maximum atomic E-state index is 12.6. The Balaban J connectivity index is 2.27. The smallest absolute Gasteiger partial charge is 0.284 e. The number of benzene rings is 2. The van der Waals surface area contributed by atoms with E-state index in [1.807, 2.05) is 19.1 Å². The minimum absolute atomic E-state index is 0.136. The van der Waals surface area contributed by atoms with Crippen molar-refractivity contribution in [1.29, 1.82) is 0 Å². The number of nitrogens with zero attached hydrogens (tertiary/aromatic N) is 2. The van der Waals surface area contributed by atoms with E-state index >= 15 is 0 Å². The lowest BCUT2D eigenvalue weighted by molar-refractivity contribution is -0.385. The number of amides is 1. The number of nitro benzene ring substituents is 1. The van der Waals surface area contributed by atoms with Gasteiger partial charge in [0.25, 0.3) is 11.6 Å². The van der Waals surface area contributed by atoms with Crippen molar-refractivity contribution in [3.8, 4) is 0 Å². The second-order valence-electron chi connectivity index (χ2n) is 5.07. The van der Waals surface area contributed by atoms with Gasteiger partial charge in [0, 0.05) is 23.7 Å². The van der Waals surface area contributed by atoms with Crippen molar-refractivity contribution in [3.63, 3.8) is 0 Å². The average molecular weight is 398 g/mol. The summed E-state index contributed by atoms with van der Waals surface area (Å²) in [6, 6.07) is 11.4. The topological polar surface area (TPSA) is 63.5 Å². The summed E-state index contributed by atoms with van der Waals surface area (Å²) in [6.07, 6.45) is 0. The SMILES string of the molecule is C[C@H](c1ccc(Cl)cc1)N(C)C(=O)c1ccc(Br)c([N+](=O)[O-])c1. The Labute approximate surface area is 147 Å². The molecule has 0 aliphatic carbocycles. The molecule has 2 aromatic carbocycles. The molecule has 0 saturated carbocycles. The van der Waals surface area contributed by atoms with Crippen LogP contribution in [0.3, 0.4) is 0 Å². The first kappa shape index (κ1) is 17.4. The average Bonchev–Trinajstić information content (AvgIpc) is 2.53. The maximum Gasteiger partial charge on any atom is 0.284 e. The zero-order chi connectivity index (χ0) is 17.1. The fourth-order valence-electron chi connectivity index (χ4n) is 2.13. The van der Waals surface area contributed by atoms with E-state index in [0.717, 1.165) is 5.56 Å². The van der Waals surface area contributed by atoms with Crippen LogP contribution in [0, 0.1) is 10.1 Å². The van der Waals surface area contributed by atoms with Gasteiger partial charge in [-0.05, 0) is 52.7 Å². The number of hydrogen-bond donors (Lipinski definition) is 0. The highest BCUT2D eigenvalue weighted by Crippen LogP contribution is 2.28. The zero-order valence-corrected chi connectivity index (χ0v) is 14.8. The van der Waals surface area contributed by atoms with E-state index in [1.54, 1.807) is 25.2 Å².